The van der Waals surface area contributed by atoms with E-state index in [-0.39, 0.29) is 11.6 Å². The summed E-state index contributed by atoms with van der Waals surface area (Å²) in [4.78, 5) is 16.5. The number of hydrogen-bond donors (Lipinski definition) is 1. The molecule has 1 aromatic carbocycles. The van der Waals surface area contributed by atoms with Gasteiger partial charge >= 0.3 is 0 Å². The number of benzene rings is 1. The first-order valence-corrected chi connectivity index (χ1v) is 8.22. The predicted molar refractivity (Wildman–Crippen MR) is 87.5 cm³/mol. The number of para-hydroxylation sites is 1. The lowest BCUT2D eigenvalue weighted by molar-refractivity contribution is 0.0945. The van der Waals surface area contributed by atoms with E-state index < -0.39 is 0 Å². The number of carbonyl (C=O) groups excluding carboxylic acids is 1. The third-order valence-corrected chi connectivity index (χ3v) is 4.15. The molecule has 0 saturated heterocycles. The lowest BCUT2D eigenvalue weighted by atomic mass is 10.3. The summed E-state index contributed by atoms with van der Waals surface area (Å²) in [6.45, 7) is 0.390. The van der Waals surface area contributed by atoms with E-state index in [1.165, 1.54) is 0 Å². The van der Waals surface area contributed by atoms with Crippen LogP contribution in [0, 0.1) is 0 Å². The summed E-state index contributed by atoms with van der Waals surface area (Å²) >= 11 is 1.56. The summed E-state index contributed by atoms with van der Waals surface area (Å²) in [5, 5.41) is 11.6. The first-order valence-electron chi connectivity index (χ1n) is 6.99. The van der Waals surface area contributed by atoms with E-state index in [9.17, 15) is 4.79 Å². The molecule has 1 amide bonds. The van der Waals surface area contributed by atoms with Crippen molar-refractivity contribution in [3.05, 3.63) is 54.1 Å². The Bertz CT molecular complexity index is 810. The van der Waals surface area contributed by atoms with Gasteiger partial charge < -0.3 is 9.88 Å². The van der Waals surface area contributed by atoms with Crippen molar-refractivity contribution in [2.45, 2.75) is 11.7 Å². The number of carbonyl (C=O) groups is 1. The summed E-state index contributed by atoms with van der Waals surface area (Å²) < 4.78 is 3.52. The summed E-state index contributed by atoms with van der Waals surface area (Å²) in [6, 6.07) is 9.53. The van der Waals surface area contributed by atoms with Crippen molar-refractivity contribution >= 4 is 17.7 Å². The molecule has 0 spiro atoms. The Kier molecular flexibility index (Phi) is 4.42. The van der Waals surface area contributed by atoms with Gasteiger partial charge in [0.15, 0.2) is 10.9 Å². The third kappa shape index (κ3) is 3.26. The fourth-order valence-electron chi connectivity index (χ4n) is 2.12. The van der Waals surface area contributed by atoms with Crippen molar-refractivity contribution in [1.82, 2.24) is 29.9 Å². The number of nitrogens with zero attached hydrogens (tertiary/aromatic N) is 5. The minimum absolute atomic E-state index is 0.265. The molecular formula is C15H16N6OS. The van der Waals surface area contributed by atoms with Crippen LogP contribution in [0.3, 0.4) is 0 Å². The molecule has 3 aromatic rings. The summed E-state index contributed by atoms with van der Waals surface area (Å²) in [5.41, 5.74) is 2.06. The van der Waals surface area contributed by atoms with E-state index in [0.717, 1.165) is 16.5 Å². The highest BCUT2D eigenvalue weighted by Gasteiger charge is 2.12. The number of aromatic nitrogens is 5. The maximum atomic E-state index is 12.2. The van der Waals surface area contributed by atoms with E-state index in [2.05, 4.69) is 20.6 Å². The van der Waals surface area contributed by atoms with Gasteiger partial charge in [-0.1, -0.05) is 35.2 Å². The predicted octanol–water partition coefficient (Wildman–Crippen LogP) is 1.65. The van der Waals surface area contributed by atoms with Crippen LogP contribution in [0.2, 0.25) is 0 Å². The van der Waals surface area contributed by atoms with Crippen LogP contribution < -0.4 is 5.32 Å². The largest absolute Gasteiger partial charge is 0.345 e. The second-order valence-corrected chi connectivity index (χ2v) is 5.64. The Morgan fingerprint density at radius 2 is 2.09 bits per heavy atom. The molecule has 0 saturated carbocycles. The number of imidazole rings is 1. The maximum absolute atomic E-state index is 12.2. The fourth-order valence-corrected chi connectivity index (χ4v) is 2.67. The van der Waals surface area contributed by atoms with Gasteiger partial charge in [0.1, 0.15) is 0 Å². The number of amides is 1. The summed E-state index contributed by atoms with van der Waals surface area (Å²) in [7, 11) is 1.92. The normalized spacial score (nSPS) is 10.7. The number of hydrogen-bond acceptors (Lipinski definition) is 5. The maximum Gasteiger partial charge on any atom is 0.273 e. The minimum Gasteiger partial charge on any atom is -0.345 e. The monoisotopic (exact) mass is 328 g/mol. The molecule has 0 fully saturated rings. The molecule has 23 heavy (non-hydrogen) atoms. The zero-order valence-corrected chi connectivity index (χ0v) is 13.6. The van der Waals surface area contributed by atoms with Gasteiger partial charge in [-0.3, -0.25) is 4.79 Å². The standard InChI is InChI=1S/C15H16N6OS/c1-20-12(9-17-15(20)23-2)8-16-14(22)13-10-21(19-18-13)11-6-4-3-5-7-11/h3-7,9-10H,8H2,1-2H3,(H,16,22). The first-order chi connectivity index (χ1) is 11.2. The Hall–Kier alpha value is -2.61. The molecule has 2 aromatic heterocycles. The van der Waals surface area contributed by atoms with E-state index in [1.807, 2.05) is 48.2 Å². The topological polar surface area (TPSA) is 77.6 Å². The lowest BCUT2D eigenvalue weighted by Gasteiger charge is -2.05. The molecule has 0 unspecified atom stereocenters. The van der Waals surface area contributed by atoms with Gasteiger partial charge in [0, 0.05) is 7.05 Å². The molecule has 3 rings (SSSR count). The van der Waals surface area contributed by atoms with E-state index in [1.54, 1.807) is 28.8 Å². The molecule has 1 N–H and O–H groups in total. The molecule has 2 heterocycles. The first kappa shape index (κ1) is 15.3. The molecule has 0 bridgehead atoms. The number of rotatable bonds is 5. The van der Waals surface area contributed by atoms with Gasteiger partial charge in [-0.2, -0.15) is 0 Å². The third-order valence-electron chi connectivity index (χ3n) is 3.40. The molecule has 0 aliphatic rings. The minimum atomic E-state index is -0.265. The van der Waals surface area contributed by atoms with Crippen LogP contribution in [-0.4, -0.2) is 36.7 Å². The van der Waals surface area contributed by atoms with Crippen LogP contribution in [0.15, 0.2) is 47.9 Å². The van der Waals surface area contributed by atoms with Gasteiger partial charge in [-0.15, -0.1) is 5.10 Å². The van der Waals surface area contributed by atoms with Crippen LogP contribution in [-0.2, 0) is 13.6 Å². The second kappa shape index (κ2) is 6.66. The Morgan fingerprint density at radius 3 is 2.78 bits per heavy atom. The van der Waals surface area contributed by atoms with Crippen molar-refractivity contribution in [3.63, 3.8) is 0 Å². The lowest BCUT2D eigenvalue weighted by Crippen LogP contribution is -2.24. The van der Waals surface area contributed by atoms with Crippen molar-refractivity contribution in [2.24, 2.45) is 7.05 Å². The number of nitrogens with one attached hydrogen (secondary N) is 1. The summed E-state index contributed by atoms with van der Waals surface area (Å²) in [5.74, 6) is -0.265. The highest BCUT2D eigenvalue weighted by Crippen LogP contribution is 2.13. The molecule has 0 aliphatic heterocycles. The fraction of sp³-hybridized carbons (Fsp3) is 0.200. The Labute approximate surface area is 137 Å². The van der Waals surface area contributed by atoms with E-state index >= 15 is 0 Å². The van der Waals surface area contributed by atoms with Gasteiger partial charge in [0.05, 0.1) is 30.3 Å². The van der Waals surface area contributed by atoms with Gasteiger partial charge in [-0.25, -0.2) is 9.67 Å². The van der Waals surface area contributed by atoms with Gasteiger partial charge in [0.2, 0.25) is 0 Å². The zero-order valence-electron chi connectivity index (χ0n) is 12.8. The van der Waals surface area contributed by atoms with Crippen molar-refractivity contribution in [1.29, 1.82) is 0 Å². The SMILES string of the molecule is CSc1ncc(CNC(=O)c2cn(-c3ccccc3)nn2)n1C. The van der Waals surface area contributed by atoms with Crippen LogP contribution in [0.25, 0.3) is 5.69 Å². The van der Waals surface area contributed by atoms with Crippen molar-refractivity contribution in [3.8, 4) is 5.69 Å². The molecule has 0 radical (unpaired) electrons. The quantitative estimate of drug-likeness (QED) is 0.721. The highest BCUT2D eigenvalue weighted by atomic mass is 32.2. The molecule has 118 valence electrons. The Morgan fingerprint density at radius 1 is 1.30 bits per heavy atom. The van der Waals surface area contributed by atoms with Crippen molar-refractivity contribution in [2.75, 3.05) is 6.26 Å². The van der Waals surface area contributed by atoms with Crippen LogP contribution in [0.4, 0.5) is 0 Å². The van der Waals surface area contributed by atoms with Crippen LogP contribution >= 0.6 is 11.8 Å². The molecule has 0 aliphatic carbocycles. The average Bonchev–Trinajstić information content (AvgIpc) is 3.20. The molecule has 0 atom stereocenters. The Balaban J connectivity index is 1.67. The molecule has 8 heteroatoms. The van der Waals surface area contributed by atoms with E-state index in [0.29, 0.717) is 6.54 Å². The van der Waals surface area contributed by atoms with Crippen LogP contribution in [0.1, 0.15) is 16.2 Å². The smallest absolute Gasteiger partial charge is 0.273 e. The number of thioether (sulfide) groups is 1. The zero-order chi connectivity index (χ0) is 16.2. The molecular weight excluding hydrogens is 312 g/mol. The van der Waals surface area contributed by atoms with Gasteiger partial charge in [-0.05, 0) is 18.4 Å². The van der Waals surface area contributed by atoms with Crippen molar-refractivity contribution < 1.29 is 4.79 Å². The van der Waals surface area contributed by atoms with Crippen LogP contribution in [0.5, 0.6) is 0 Å². The summed E-state index contributed by atoms with van der Waals surface area (Å²) in [6.07, 6.45) is 5.33. The second-order valence-electron chi connectivity index (χ2n) is 4.86. The molecule has 7 nitrogen and oxygen atoms in total. The average molecular weight is 328 g/mol. The highest BCUT2D eigenvalue weighted by molar-refractivity contribution is 7.98. The van der Waals surface area contributed by atoms with Gasteiger partial charge in [0.25, 0.3) is 5.91 Å². The van der Waals surface area contributed by atoms with E-state index in [4.69, 9.17) is 0 Å².